The molecule has 0 spiro atoms. The molecule has 0 aliphatic heterocycles. The Labute approximate surface area is 165 Å². The van der Waals surface area contributed by atoms with E-state index in [-0.39, 0.29) is 23.0 Å². The van der Waals surface area contributed by atoms with E-state index in [0.29, 0.717) is 33.1 Å². The lowest BCUT2D eigenvalue weighted by atomic mass is 10.2. The Morgan fingerprint density at radius 3 is 2.67 bits per heavy atom. The predicted octanol–water partition coefficient (Wildman–Crippen LogP) is 2.56. The summed E-state index contributed by atoms with van der Waals surface area (Å²) in [5.74, 6) is 4.85. The number of benzene rings is 1. The fourth-order valence-electron chi connectivity index (χ4n) is 2.60. The van der Waals surface area contributed by atoms with Crippen molar-refractivity contribution < 1.29 is 4.79 Å². The molecule has 6 N–H and O–H groups in total. The molecule has 8 nitrogen and oxygen atoms in total. The van der Waals surface area contributed by atoms with Crippen LogP contribution in [0.4, 0.5) is 5.69 Å². The summed E-state index contributed by atoms with van der Waals surface area (Å²) < 4.78 is 1.60. The SMILES string of the molecule is Cc1nn(C/C(N)=C/NN)c2ncc(C(=O)Nc3ccc(Cl)cc3)c(Cl)c12. The molecular weight excluding hydrogens is 389 g/mol. The third kappa shape index (κ3) is 3.97. The van der Waals surface area contributed by atoms with Crippen molar-refractivity contribution in [2.75, 3.05) is 5.32 Å². The van der Waals surface area contributed by atoms with Gasteiger partial charge in [0.15, 0.2) is 5.65 Å². The van der Waals surface area contributed by atoms with Gasteiger partial charge in [-0.1, -0.05) is 23.2 Å². The third-order valence-electron chi connectivity index (χ3n) is 3.82. The van der Waals surface area contributed by atoms with E-state index in [4.69, 9.17) is 34.8 Å². The number of halogens is 2. The minimum Gasteiger partial charge on any atom is -0.399 e. The molecule has 0 aliphatic carbocycles. The molecule has 0 saturated heterocycles. The summed E-state index contributed by atoms with van der Waals surface area (Å²) in [4.78, 5) is 16.9. The first-order valence-electron chi connectivity index (χ1n) is 7.90. The number of amides is 1. The highest BCUT2D eigenvalue weighted by molar-refractivity contribution is 6.39. The van der Waals surface area contributed by atoms with Gasteiger partial charge in [-0.05, 0) is 31.2 Å². The maximum atomic E-state index is 12.6. The summed E-state index contributed by atoms with van der Waals surface area (Å²) in [6, 6.07) is 6.76. The fourth-order valence-corrected chi connectivity index (χ4v) is 3.08. The van der Waals surface area contributed by atoms with Crippen LogP contribution < -0.4 is 22.3 Å². The zero-order chi connectivity index (χ0) is 19.6. The summed E-state index contributed by atoms with van der Waals surface area (Å²) >= 11 is 12.3. The maximum absolute atomic E-state index is 12.6. The number of fused-ring (bicyclic) bond motifs is 1. The van der Waals surface area contributed by atoms with Crippen molar-refractivity contribution in [3.8, 4) is 0 Å². The molecule has 140 valence electrons. The highest BCUT2D eigenvalue weighted by Gasteiger charge is 2.19. The Balaban J connectivity index is 1.95. The lowest BCUT2D eigenvalue weighted by Gasteiger charge is -2.08. The summed E-state index contributed by atoms with van der Waals surface area (Å²) in [6.45, 7) is 2.06. The number of nitrogens with one attached hydrogen (secondary N) is 2. The van der Waals surface area contributed by atoms with Crippen molar-refractivity contribution in [2.24, 2.45) is 11.6 Å². The van der Waals surface area contributed by atoms with Crippen LogP contribution in [0.25, 0.3) is 11.0 Å². The first-order valence-corrected chi connectivity index (χ1v) is 8.65. The second-order valence-electron chi connectivity index (χ2n) is 5.77. The Hall–Kier alpha value is -2.81. The number of rotatable bonds is 5. The number of carbonyl (C=O) groups is 1. The van der Waals surface area contributed by atoms with Gasteiger partial charge >= 0.3 is 0 Å². The first-order chi connectivity index (χ1) is 12.9. The molecule has 3 aromatic rings. The third-order valence-corrected chi connectivity index (χ3v) is 4.46. The van der Waals surface area contributed by atoms with Gasteiger partial charge in [-0.25, -0.2) is 9.67 Å². The van der Waals surface area contributed by atoms with Crippen molar-refractivity contribution in [3.63, 3.8) is 0 Å². The van der Waals surface area contributed by atoms with Crippen LogP contribution in [0.3, 0.4) is 0 Å². The number of hydrogen-bond acceptors (Lipinski definition) is 6. The molecule has 0 bridgehead atoms. The number of anilines is 1. The zero-order valence-electron chi connectivity index (χ0n) is 14.3. The van der Waals surface area contributed by atoms with Crippen LogP contribution in [0.1, 0.15) is 16.1 Å². The largest absolute Gasteiger partial charge is 0.399 e. The van der Waals surface area contributed by atoms with E-state index in [2.05, 4.69) is 20.8 Å². The number of aromatic nitrogens is 3. The zero-order valence-corrected chi connectivity index (χ0v) is 15.8. The lowest BCUT2D eigenvalue weighted by molar-refractivity contribution is 0.102. The summed E-state index contributed by atoms with van der Waals surface area (Å²) in [7, 11) is 0. The van der Waals surface area contributed by atoms with Gasteiger partial charge in [0.1, 0.15) is 0 Å². The van der Waals surface area contributed by atoms with Crippen molar-refractivity contribution >= 4 is 45.8 Å². The standard InChI is InChI=1S/C17H17Cl2N7O/c1-9-14-15(19)13(17(27)24-12-4-2-10(18)3-5-12)7-22-16(14)26(25-9)8-11(20)6-23-21/h2-7,23H,8,20-21H2,1H3,(H,24,27)/b11-6-. The Morgan fingerprint density at radius 2 is 2.00 bits per heavy atom. The molecule has 2 aromatic heterocycles. The minimum absolute atomic E-state index is 0.244. The average molecular weight is 406 g/mol. The molecule has 27 heavy (non-hydrogen) atoms. The number of aryl methyl sites for hydroxylation is 1. The molecule has 3 rings (SSSR count). The molecule has 10 heteroatoms. The maximum Gasteiger partial charge on any atom is 0.258 e. The normalized spacial score (nSPS) is 11.6. The van der Waals surface area contributed by atoms with Crippen molar-refractivity contribution in [3.05, 3.63) is 63.7 Å². The molecule has 0 saturated carbocycles. The number of hydrogen-bond donors (Lipinski definition) is 4. The van der Waals surface area contributed by atoms with Crippen LogP contribution in [-0.2, 0) is 6.54 Å². The number of carbonyl (C=O) groups excluding carboxylic acids is 1. The first kappa shape index (κ1) is 19.0. The average Bonchev–Trinajstić information content (AvgIpc) is 2.93. The van der Waals surface area contributed by atoms with E-state index in [0.717, 1.165) is 0 Å². The molecule has 0 atom stereocenters. The van der Waals surface area contributed by atoms with Crippen molar-refractivity contribution in [1.29, 1.82) is 0 Å². The summed E-state index contributed by atoms with van der Waals surface area (Å²) in [5, 5.41) is 8.61. The topological polar surface area (TPSA) is 124 Å². The Kier molecular flexibility index (Phi) is 5.50. The molecule has 0 radical (unpaired) electrons. The molecule has 1 aromatic carbocycles. The minimum atomic E-state index is -0.379. The Bertz CT molecular complexity index is 1030. The summed E-state index contributed by atoms with van der Waals surface area (Å²) in [5.41, 5.74) is 10.7. The smallest absolute Gasteiger partial charge is 0.258 e. The van der Waals surface area contributed by atoms with Gasteiger partial charge in [-0.15, -0.1) is 0 Å². The van der Waals surface area contributed by atoms with Gasteiger partial charge in [0, 0.05) is 28.8 Å². The van der Waals surface area contributed by atoms with E-state index >= 15 is 0 Å². The molecule has 0 unspecified atom stereocenters. The molecular formula is C17H17Cl2N7O. The molecule has 1 amide bonds. The van der Waals surface area contributed by atoms with Crippen LogP contribution in [0.5, 0.6) is 0 Å². The number of nitrogens with two attached hydrogens (primary N) is 2. The van der Waals surface area contributed by atoms with Crippen LogP contribution >= 0.6 is 23.2 Å². The van der Waals surface area contributed by atoms with Gasteiger partial charge in [-0.2, -0.15) is 5.10 Å². The lowest BCUT2D eigenvalue weighted by Crippen LogP contribution is -2.19. The number of hydrazine groups is 1. The second kappa shape index (κ2) is 7.83. The van der Waals surface area contributed by atoms with Gasteiger partial charge in [0.25, 0.3) is 5.91 Å². The van der Waals surface area contributed by atoms with Crippen molar-refractivity contribution in [1.82, 2.24) is 20.2 Å². The van der Waals surface area contributed by atoms with Gasteiger partial charge in [-0.3, -0.25) is 10.6 Å². The van der Waals surface area contributed by atoms with E-state index in [1.54, 1.807) is 35.9 Å². The monoisotopic (exact) mass is 405 g/mol. The number of nitrogens with zero attached hydrogens (tertiary/aromatic N) is 3. The van der Waals surface area contributed by atoms with E-state index in [1.165, 1.54) is 12.4 Å². The van der Waals surface area contributed by atoms with Crippen LogP contribution in [-0.4, -0.2) is 20.7 Å². The second-order valence-corrected chi connectivity index (χ2v) is 6.59. The van der Waals surface area contributed by atoms with Crippen LogP contribution in [0, 0.1) is 6.92 Å². The highest BCUT2D eigenvalue weighted by Crippen LogP contribution is 2.29. The van der Waals surface area contributed by atoms with Gasteiger partial charge in [0.2, 0.25) is 0 Å². The van der Waals surface area contributed by atoms with E-state index in [9.17, 15) is 4.79 Å². The van der Waals surface area contributed by atoms with Gasteiger partial charge < -0.3 is 16.5 Å². The summed E-state index contributed by atoms with van der Waals surface area (Å²) in [6.07, 6.45) is 2.87. The van der Waals surface area contributed by atoms with Crippen LogP contribution in [0.15, 0.2) is 42.4 Å². The van der Waals surface area contributed by atoms with Gasteiger partial charge in [0.05, 0.1) is 28.2 Å². The number of pyridine rings is 1. The predicted molar refractivity (Wildman–Crippen MR) is 106 cm³/mol. The molecule has 0 aliphatic rings. The fraction of sp³-hybridized carbons (Fsp3) is 0.118. The van der Waals surface area contributed by atoms with E-state index in [1.807, 2.05) is 0 Å². The Morgan fingerprint density at radius 1 is 1.30 bits per heavy atom. The van der Waals surface area contributed by atoms with Crippen molar-refractivity contribution in [2.45, 2.75) is 13.5 Å². The quantitative estimate of drug-likeness (QED) is 0.381. The molecule has 2 heterocycles. The highest BCUT2D eigenvalue weighted by atomic mass is 35.5. The van der Waals surface area contributed by atoms with Crippen LogP contribution in [0.2, 0.25) is 10.0 Å². The number of allylic oxidation sites excluding steroid dienone is 1. The molecule has 0 fully saturated rings. The van der Waals surface area contributed by atoms with E-state index < -0.39 is 0 Å².